The van der Waals surface area contributed by atoms with Crippen LogP contribution >= 0.6 is 0 Å². The summed E-state index contributed by atoms with van der Waals surface area (Å²) in [6.07, 6.45) is 8.76. The monoisotopic (exact) mass is 392 g/mol. The summed E-state index contributed by atoms with van der Waals surface area (Å²) in [6, 6.07) is 11.2. The van der Waals surface area contributed by atoms with Crippen molar-refractivity contribution < 1.29 is 0 Å². The van der Waals surface area contributed by atoms with Crippen molar-refractivity contribution in [2.24, 2.45) is 41.4 Å². The molecule has 0 aromatic heterocycles. The molecule has 1 heteroatoms. The predicted molar refractivity (Wildman–Crippen MR) is 126 cm³/mol. The Bertz CT molecular complexity index is 744. The van der Waals surface area contributed by atoms with Gasteiger partial charge in [0.05, 0.1) is 8.07 Å². The fraction of sp³-hybridized carbons (Fsp3) is 0.630. The molecule has 3 aliphatic rings. The van der Waals surface area contributed by atoms with E-state index < -0.39 is 8.07 Å². The lowest BCUT2D eigenvalue weighted by atomic mass is 9.81. The van der Waals surface area contributed by atoms with E-state index in [4.69, 9.17) is 0 Å². The van der Waals surface area contributed by atoms with Crippen LogP contribution in [0.2, 0.25) is 24.2 Å². The van der Waals surface area contributed by atoms with Crippen LogP contribution in [0.25, 0.3) is 5.57 Å². The summed E-state index contributed by atoms with van der Waals surface area (Å²) in [4.78, 5) is 0. The number of rotatable bonds is 3. The maximum absolute atomic E-state index is 2.76. The van der Waals surface area contributed by atoms with Crippen LogP contribution in [0, 0.1) is 41.4 Å². The highest BCUT2D eigenvalue weighted by atomic mass is 28.3. The number of hydrogen-bond donors (Lipinski definition) is 0. The standard InChI is InChI=1S/C27H40Si/c1-17-16-25-23(22-12-9-8-10-13-22)14-11-15-24(25)26(17)28(6,7)27-20(4)18(2)19(3)21(27)5/h8-15,17-21,24-27H,16H2,1-7H3. The van der Waals surface area contributed by atoms with Gasteiger partial charge in [-0.2, -0.15) is 0 Å². The predicted octanol–water partition coefficient (Wildman–Crippen LogP) is 7.92. The summed E-state index contributed by atoms with van der Waals surface area (Å²) in [6.45, 7) is 18.3. The van der Waals surface area contributed by atoms with Gasteiger partial charge in [0.15, 0.2) is 0 Å². The van der Waals surface area contributed by atoms with Gasteiger partial charge in [-0.25, -0.2) is 0 Å². The third-order valence-electron chi connectivity index (χ3n) is 9.57. The SMILES string of the molecule is CC1CC2C(c3ccccc3)=CC=CC2C1[Si](C)(C)C1C(C)C(C)C(C)C1C. The lowest BCUT2D eigenvalue weighted by Crippen LogP contribution is -2.45. The smallest absolute Gasteiger partial charge is 0.0550 e. The quantitative estimate of drug-likeness (QED) is 0.458. The molecule has 8 unspecified atom stereocenters. The zero-order valence-electron chi connectivity index (χ0n) is 19.0. The van der Waals surface area contributed by atoms with Gasteiger partial charge in [-0.15, -0.1) is 0 Å². The fourth-order valence-electron chi connectivity index (χ4n) is 8.17. The zero-order valence-corrected chi connectivity index (χ0v) is 20.0. The van der Waals surface area contributed by atoms with Gasteiger partial charge in [0.2, 0.25) is 0 Å². The van der Waals surface area contributed by atoms with Gasteiger partial charge in [-0.1, -0.05) is 96.3 Å². The Morgan fingerprint density at radius 1 is 0.786 bits per heavy atom. The van der Waals surface area contributed by atoms with Crippen LogP contribution < -0.4 is 0 Å². The summed E-state index contributed by atoms with van der Waals surface area (Å²) < 4.78 is 0. The third kappa shape index (κ3) is 3.00. The molecule has 0 amide bonds. The Kier molecular flexibility index (Phi) is 5.27. The zero-order chi connectivity index (χ0) is 20.2. The van der Waals surface area contributed by atoms with Gasteiger partial charge in [-0.05, 0) is 70.1 Å². The van der Waals surface area contributed by atoms with E-state index in [1.165, 1.54) is 12.0 Å². The molecule has 8 atom stereocenters. The molecule has 2 fully saturated rings. The van der Waals surface area contributed by atoms with Crippen molar-refractivity contribution in [2.75, 3.05) is 0 Å². The maximum Gasteiger partial charge on any atom is 0.0550 e. The first-order valence-corrected chi connectivity index (χ1v) is 14.8. The Morgan fingerprint density at radius 3 is 2.00 bits per heavy atom. The van der Waals surface area contributed by atoms with E-state index in [0.29, 0.717) is 0 Å². The Morgan fingerprint density at radius 2 is 1.39 bits per heavy atom. The first-order valence-electron chi connectivity index (χ1n) is 11.7. The van der Waals surface area contributed by atoms with Gasteiger partial charge >= 0.3 is 0 Å². The molecule has 0 N–H and O–H groups in total. The van der Waals surface area contributed by atoms with Crippen LogP contribution in [0.4, 0.5) is 0 Å². The second-order valence-electron chi connectivity index (χ2n) is 11.1. The van der Waals surface area contributed by atoms with Crippen LogP contribution in [0.5, 0.6) is 0 Å². The van der Waals surface area contributed by atoms with E-state index in [-0.39, 0.29) is 0 Å². The molecule has 152 valence electrons. The van der Waals surface area contributed by atoms with Crippen LogP contribution in [0.15, 0.2) is 48.6 Å². The largest absolute Gasteiger partial charge is 0.0808 e. The van der Waals surface area contributed by atoms with Crippen molar-refractivity contribution in [1.29, 1.82) is 0 Å². The van der Waals surface area contributed by atoms with Crippen LogP contribution in [0.3, 0.4) is 0 Å². The molecule has 1 aromatic carbocycles. The topological polar surface area (TPSA) is 0 Å². The second kappa shape index (κ2) is 7.31. The second-order valence-corrected chi connectivity index (χ2v) is 16.1. The fourth-order valence-corrected chi connectivity index (χ4v) is 14.9. The molecule has 0 heterocycles. The first-order chi connectivity index (χ1) is 13.2. The van der Waals surface area contributed by atoms with Crippen molar-refractivity contribution in [2.45, 2.75) is 65.2 Å². The van der Waals surface area contributed by atoms with Crippen molar-refractivity contribution in [3.05, 3.63) is 54.1 Å². The first kappa shape index (κ1) is 20.2. The maximum atomic E-state index is 2.76. The van der Waals surface area contributed by atoms with Crippen LogP contribution in [0.1, 0.15) is 46.6 Å². The van der Waals surface area contributed by atoms with Crippen molar-refractivity contribution in [1.82, 2.24) is 0 Å². The highest BCUT2D eigenvalue weighted by Gasteiger charge is 2.57. The van der Waals surface area contributed by atoms with Crippen LogP contribution in [-0.2, 0) is 0 Å². The minimum atomic E-state index is -1.43. The lowest BCUT2D eigenvalue weighted by Gasteiger charge is -2.45. The van der Waals surface area contributed by atoms with E-state index in [1.807, 2.05) is 0 Å². The average molecular weight is 393 g/mol. The Balaban J connectivity index is 1.66. The molecule has 1 aromatic rings. The molecule has 4 rings (SSSR count). The summed E-state index contributed by atoms with van der Waals surface area (Å²) in [5.41, 5.74) is 4.91. The molecular weight excluding hydrogens is 352 g/mol. The molecule has 0 radical (unpaired) electrons. The molecular formula is C27H40Si. The number of allylic oxidation sites excluding steroid dienone is 4. The Labute approximate surface area is 174 Å². The molecule has 0 bridgehead atoms. The molecule has 2 saturated carbocycles. The normalized spacial score (nSPS) is 43.1. The van der Waals surface area contributed by atoms with Gasteiger partial charge < -0.3 is 0 Å². The van der Waals surface area contributed by atoms with Gasteiger partial charge in [0, 0.05) is 0 Å². The summed E-state index contributed by atoms with van der Waals surface area (Å²) in [7, 11) is -1.43. The van der Waals surface area contributed by atoms with Gasteiger partial charge in [-0.3, -0.25) is 0 Å². The highest BCUT2D eigenvalue weighted by molar-refractivity contribution is 6.80. The summed E-state index contributed by atoms with van der Waals surface area (Å²) in [5.74, 6) is 5.84. The molecule has 28 heavy (non-hydrogen) atoms. The molecule has 0 aliphatic heterocycles. The van der Waals surface area contributed by atoms with Gasteiger partial charge in [0.25, 0.3) is 0 Å². The van der Waals surface area contributed by atoms with E-state index in [2.05, 4.69) is 96.3 Å². The molecule has 0 spiro atoms. The number of benzene rings is 1. The van der Waals surface area contributed by atoms with Gasteiger partial charge in [0.1, 0.15) is 0 Å². The Hall–Kier alpha value is -1.08. The van der Waals surface area contributed by atoms with E-state index in [0.717, 1.165) is 52.5 Å². The van der Waals surface area contributed by atoms with E-state index in [1.54, 1.807) is 5.57 Å². The van der Waals surface area contributed by atoms with E-state index >= 15 is 0 Å². The van der Waals surface area contributed by atoms with Crippen molar-refractivity contribution in [3.8, 4) is 0 Å². The molecule has 3 aliphatic carbocycles. The average Bonchev–Trinajstić information content (AvgIpc) is 3.12. The summed E-state index contributed by atoms with van der Waals surface area (Å²) in [5, 5.41) is 0. The van der Waals surface area contributed by atoms with E-state index in [9.17, 15) is 0 Å². The molecule has 0 saturated heterocycles. The number of hydrogen-bond acceptors (Lipinski definition) is 0. The van der Waals surface area contributed by atoms with Crippen molar-refractivity contribution in [3.63, 3.8) is 0 Å². The summed E-state index contributed by atoms with van der Waals surface area (Å²) >= 11 is 0. The minimum absolute atomic E-state index is 0.723. The lowest BCUT2D eigenvalue weighted by molar-refractivity contribution is 0.352. The molecule has 0 nitrogen and oxygen atoms in total. The van der Waals surface area contributed by atoms with Crippen molar-refractivity contribution >= 4 is 13.6 Å². The minimum Gasteiger partial charge on any atom is -0.0808 e. The highest BCUT2D eigenvalue weighted by Crippen LogP contribution is 2.63. The van der Waals surface area contributed by atoms with Crippen LogP contribution in [-0.4, -0.2) is 8.07 Å². The number of fused-ring (bicyclic) bond motifs is 1. The third-order valence-corrected chi connectivity index (χ3v) is 15.0.